The van der Waals surface area contributed by atoms with Crippen LogP contribution < -0.4 is 16.2 Å². The van der Waals surface area contributed by atoms with E-state index in [1.165, 1.54) is 4.57 Å². The maximum atomic E-state index is 12.9. The number of thioether (sulfide) groups is 1. The Labute approximate surface area is 172 Å². The standard InChI is InChI=1S/C18H23ClN4O4S/c1-3-20-17(26)22-15(24)11-28-18-21-14-10-12(19)6-7-13(14)16(25)23(18)8-5-9-27-4-2/h6-7,10H,3-5,8-9,11H2,1-2H3,(H2,20,22,24,26). The summed E-state index contributed by atoms with van der Waals surface area (Å²) in [5.41, 5.74) is 0.259. The third-order valence-electron chi connectivity index (χ3n) is 3.68. The van der Waals surface area contributed by atoms with Gasteiger partial charge >= 0.3 is 6.03 Å². The van der Waals surface area contributed by atoms with Crippen LogP contribution in [-0.4, -0.2) is 47.0 Å². The number of benzene rings is 1. The molecule has 1 aromatic heterocycles. The van der Waals surface area contributed by atoms with Gasteiger partial charge in [-0.25, -0.2) is 9.78 Å². The molecule has 2 aromatic rings. The zero-order chi connectivity index (χ0) is 20.5. The smallest absolute Gasteiger partial charge is 0.321 e. The zero-order valence-corrected chi connectivity index (χ0v) is 17.4. The number of ether oxygens (including phenoxy) is 1. The molecule has 0 aliphatic rings. The number of imide groups is 1. The summed E-state index contributed by atoms with van der Waals surface area (Å²) in [6, 6.07) is 4.34. The molecule has 0 bridgehead atoms. The fraction of sp³-hybridized carbons (Fsp3) is 0.444. The molecule has 0 aliphatic heterocycles. The lowest BCUT2D eigenvalue weighted by atomic mass is 10.2. The minimum Gasteiger partial charge on any atom is -0.382 e. The van der Waals surface area contributed by atoms with Crippen molar-refractivity contribution in [3.8, 4) is 0 Å². The summed E-state index contributed by atoms with van der Waals surface area (Å²) in [7, 11) is 0. The monoisotopic (exact) mass is 426 g/mol. The van der Waals surface area contributed by atoms with Crippen LogP contribution in [0.5, 0.6) is 0 Å². The van der Waals surface area contributed by atoms with Crippen LogP contribution in [0.2, 0.25) is 5.02 Å². The van der Waals surface area contributed by atoms with Crippen molar-refractivity contribution in [1.29, 1.82) is 0 Å². The van der Waals surface area contributed by atoms with Gasteiger partial charge in [0.05, 0.1) is 16.7 Å². The summed E-state index contributed by atoms with van der Waals surface area (Å²) in [6.45, 7) is 5.60. The Morgan fingerprint density at radius 1 is 1.32 bits per heavy atom. The summed E-state index contributed by atoms with van der Waals surface area (Å²) in [5, 5.41) is 6.03. The lowest BCUT2D eigenvalue weighted by molar-refractivity contribution is -0.117. The number of urea groups is 1. The van der Waals surface area contributed by atoms with Crippen molar-refractivity contribution in [3.05, 3.63) is 33.6 Å². The minimum absolute atomic E-state index is 0.0545. The van der Waals surface area contributed by atoms with Crippen LogP contribution in [0, 0.1) is 0 Å². The Kier molecular flexibility index (Phi) is 8.75. The summed E-state index contributed by atoms with van der Waals surface area (Å²) in [5.74, 6) is -0.529. The van der Waals surface area contributed by atoms with E-state index in [4.69, 9.17) is 16.3 Å². The third kappa shape index (κ3) is 6.22. The van der Waals surface area contributed by atoms with Gasteiger partial charge < -0.3 is 10.1 Å². The van der Waals surface area contributed by atoms with E-state index in [0.29, 0.717) is 53.8 Å². The van der Waals surface area contributed by atoms with Gasteiger partial charge in [0.2, 0.25) is 5.91 Å². The first kappa shape index (κ1) is 22.2. The lowest BCUT2D eigenvalue weighted by Crippen LogP contribution is -2.40. The van der Waals surface area contributed by atoms with Crippen molar-refractivity contribution < 1.29 is 14.3 Å². The van der Waals surface area contributed by atoms with Gasteiger partial charge in [-0.1, -0.05) is 23.4 Å². The molecular weight excluding hydrogens is 404 g/mol. The Morgan fingerprint density at radius 3 is 2.82 bits per heavy atom. The number of aromatic nitrogens is 2. The van der Waals surface area contributed by atoms with E-state index in [-0.39, 0.29) is 11.3 Å². The number of carbonyl (C=O) groups is 2. The fourth-order valence-corrected chi connectivity index (χ4v) is 3.44. The van der Waals surface area contributed by atoms with Gasteiger partial charge in [0.25, 0.3) is 5.56 Å². The van der Waals surface area contributed by atoms with E-state index < -0.39 is 11.9 Å². The topological polar surface area (TPSA) is 102 Å². The van der Waals surface area contributed by atoms with Crippen LogP contribution >= 0.6 is 23.4 Å². The molecule has 0 unspecified atom stereocenters. The minimum atomic E-state index is -0.555. The second-order valence-electron chi connectivity index (χ2n) is 5.76. The first-order valence-electron chi connectivity index (χ1n) is 8.94. The molecule has 0 atom stereocenters. The van der Waals surface area contributed by atoms with Gasteiger partial charge in [-0.15, -0.1) is 0 Å². The largest absolute Gasteiger partial charge is 0.382 e. The van der Waals surface area contributed by atoms with Crippen molar-refractivity contribution in [3.63, 3.8) is 0 Å². The Balaban J connectivity index is 2.23. The average Bonchev–Trinajstić information content (AvgIpc) is 2.65. The molecule has 0 aliphatic carbocycles. The molecule has 0 fully saturated rings. The van der Waals surface area contributed by atoms with Gasteiger partial charge in [-0.3, -0.25) is 19.5 Å². The number of amides is 3. The summed E-state index contributed by atoms with van der Waals surface area (Å²) < 4.78 is 6.86. The van der Waals surface area contributed by atoms with Crippen molar-refractivity contribution in [2.24, 2.45) is 0 Å². The van der Waals surface area contributed by atoms with Crippen LogP contribution in [0.25, 0.3) is 10.9 Å². The molecule has 0 radical (unpaired) electrons. The Hall–Kier alpha value is -2.10. The zero-order valence-electron chi connectivity index (χ0n) is 15.8. The maximum Gasteiger partial charge on any atom is 0.321 e. The summed E-state index contributed by atoms with van der Waals surface area (Å²) >= 11 is 7.11. The quantitative estimate of drug-likeness (QED) is 0.362. The molecule has 3 amide bonds. The van der Waals surface area contributed by atoms with Gasteiger partial charge in [0, 0.05) is 31.3 Å². The average molecular weight is 427 g/mol. The van der Waals surface area contributed by atoms with Crippen LogP contribution in [0.15, 0.2) is 28.2 Å². The number of hydrogen-bond acceptors (Lipinski definition) is 6. The maximum absolute atomic E-state index is 12.9. The predicted octanol–water partition coefficient (Wildman–Crippen LogP) is 2.41. The molecule has 0 spiro atoms. The first-order valence-corrected chi connectivity index (χ1v) is 10.3. The molecular formula is C18H23ClN4O4S. The molecule has 0 saturated carbocycles. The molecule has 2 rings (SSSR count). The Morgan fingerprint density at radius 2 is 2.11 bits per heavy atom. The number of halogens is 1. The van der Waals surface area contributed by atoms with Gasteiger partial charge in [0.1, 0.15) is 0 Å². The second-order valence-corrected chi connectivity index (χ2v) is 7.14. The summed E-state index contributed by atoms with van der Waals surface area (Å²) in [4.78, 5) is 40.8. The van der Waals surface area contributed by atoms with Crippen molar-refractivity contribution in [2.75, 3.05) is 25.5 Å². The summed E-state index contributed by atoms with van der Waals surface area (Å²) in [6.07, 6.45) is 0.632. The molecule has 152 valence electrons. The third-order valence-corrected chi connectivity index (χ3v) is 4.89. The highest BCUT2D eigenvalue weighted by Crippen LogP contribution is 2.20. The molecule has 10 heteroatoms. The number of carbonyl (C=O) groups excluding carboxylic acids is 2. The lowest BCUT2D eigenvalue weighted by Gasteiger charge is -2.13. The van der Waals surface area contributed by atoms with Gasteiger partial charge in [-0.05, 0) is 38.5 Å². The van der Waals surface area contributed by atoms with E-state index in [2.05, 4.69) is 15.6 Å². The predicted molar refractivity (Wildman–Crippen MR) is 110 cm³/mol. The molecule has 1 aromatic carbocycles. The number of nitrogens with zero attached hydrogens (tertiary/aromatic N) is 2. The highest BCUT2D eigenvalue weighted by atomic mass is 35.5. The van der Waals surface area contributed by atoms with E-state index in [1.54, 1.807) is 25.1 Å². The van der Waals surface area contributed by atoms with E-state index in [9.17, 15) is 14.4 Å². The van der Waals surface area contributed by atoms with Gasteiger partial charge in [0.15, 0.2) is 5.16 Å². The molecule has 28 heavy (non-hydrogen) atoms. The first-order chi connectivity index (χ1) is 13.5. The molecule has 1 heterocycles. The molecule has 0 saturated heterocycles. The number of rotatable bonds is 9. The van der Waals surface area contributed by atoms with Crippen LogP contribution in [-0.2, 0) is 16.1 Å². The molecule has 2 N–H and O–H groups in total. The Bertz CT molecular complexity index is 903. The fourth-order valence-electron chi connectivity index (χ4n) is 2.45. The highest BCUT2D eigenvalue weighted by Gasteiger charge is 2.14. The number of nitrogens with one attached hydrogen (secondary N) is 2. The van der Waals surface area contributed by atoms with E-state index >= 15 is 0 Å². The van der Waals surface area contributed by atoms with Crippen molar-refractivity contribution in [1.82, 2.24) is 20.2 Å². The van der Waals surface area contributed by atoms with Crippen LogP contribution in [0.3, 0.4) is 0 Å². The van der Waals surface area contributed by atoms with E-state index in [0.717, 1.165) is 11.8 Å². The normalized spacial score (nSPS) is 10.8. The van der Waals surface area contributed by atoms with Crippen molar-refractivity contribution >= 4 is 46.2 Å². The van der Waals surface area contributed by atoms with Gasteiger partial charge in [-0.2, -0.15) is 0 Å². The molecule has 8 nitrogen and oxygen atoms in total. The van der Waals surface area contributed by atoms with Crippen molar-refractivity contribution in [2.45, 2.75) is 32.0 Å². The number of fused-ring (bicyclic) bond motifs is 1. The van der Waals surface area contributed by atoms with Crippen LogP contribution in [0.4, 0.5) is 4.79 Å². The number of hydrogen-bond donors (Lipinski definition) is 2. The van der Waals surface area contributed by atoms with Crippen LogP contribution in [0.1, 0.15) is 20.3 Å². The van der Waals surface area contributed by atoms with E-state index in [1.807, 2.05) is 6.92 Å². The SMILES string of the molecule is CCNC(=O)NC(=O)CSc1nc2cc(Cl)ccc2c(=O)n1CCCOCC. The second kappa shape index (κ2) is 11.0. The highest BCUT2D eigenvalue weighted by molar-refractivity contribution is 7.99.